The van der Waals surface area contributed by atoms with Gasteiger partial charge in [-0.05, 0) is 37.6 Å². The molecule has 106 valence electrons. The smallest absolute Gasteiger partial charge is 0.276 e. The van der Waals surface area contributed by atoms with Gasteiger partial charge in [0, 0.05) is 6.54 Å². The van der Waals surface area contributed by atoms with Crippen molar-refractivity contribution >= 4 is 15.9 Å². The first-order valence-electron chi connectivity index (χ1n) is 6.15. The number of ether oxygens (including phenoxy) is 1. The molecule has 0 unspecified atom stereocenters. The molecule has 1 fully saturated rings. The summed E-state index contributed by atoms with van der Waals surface area (Å²) in [6.45, 7) is 1.72. The van der Waals surface area contributed by atoms with Crippen molar-refractivity contribution in [3.8, 4) is 11.8 Å². The highest BCUT2D eigenvalue weighted by molar-refractivity contribution is 7.89. The molecule has 1 heterocycles. The zero-order valence-corrected chi connectivity index (χ0v) is 11.8. The topological polar surface area (TPSA) is 87.5 Å². The molecule has 20 heavy (non-hydrogen) atoms. The predicted octanol–water partition coefficient (Wildman–Crippen LogP) is 0.888. The van der Waals surface area contributed by atoms with Crippen LogP contribution in [0.15, 0.2) is 24.3 Å². The molecule has 1 atom stereocenters. The second-order valence-electron chi connectivity index (χ2n) is 4.48. The molecule has 0 aliphatic carbocycles. The summed E-state index contributed by atoms with van der Waals surface area (Å²) >= 11 is 0. The third-order valence-corrected chi connectivity index (χ3v) is 4.83. The number of nitrogens with zero attached hydrogens (tertiary/aromatic N) is 2. The molecule has 6 nitrogen and oxygen atoms in total. The Hall–Kier alpha value is -2.07. The molecular formula is C13H14N2O4S. The van der Waals surface area contributed by atoms with Crippen molar-refractivity contribution in [1.29, 1.82) is 5.26 Å². The minimum absolute atomic E-state index is 0.00231. The number of hydrogen-bond acceptors (Lipinski definition) is 5. The molecule has 1 aliphatic rings. The molecule has 2 rings (SSSR count). The number of carbonyl (C=O) groups excluding carboxylic acids is 1. The van der Waals surface area contributed by atoms with E-state index in [9.17, 15) is 13.2 Å². The van der Waals surface area contributed by atoms with Crippen molar-refractivity contribution in [2.45, 2.75) is 19.4 Å². The van der Waals surface area contributed by atoms with Crippen molar-refractivity contribution in [3.63, 3.8) is 0 Å². The summed E-state index contributed by atoms with van der Waals surface area (Å²) in [4.78, 5) is 12.1. The number of benzene rings is 1. The van der Waals surface area contributed by atoms with Gasteiger partial charge in [-0.15, -0.1) is 0 Å². The van der Waals surface area contributed by atoms with Crippen LogP contribution in [0.3, 0.4) is 0 Å². The van der Waals surface area contributed by atoms with E-state index in [1.54, 1.807) is 24.3 Å². The van der Waals surface area contributed by atoms with Gasteiger partial charge in [0.05, 0.1) is 17.4 Å². The Kier molecular flexibility index (Phi) is 3.95. The van der Waals surface area contributed by atoms with E-state index in [0.717, 1.165) is 4.31 Å². The van der Waals surface area contributed by atoms with Crippen molar-refractivity contribution in [1.82, 2.24) is 4.31 Å². The highest BCUT2D eigenvalue weighted by atomic mass is 32.2. The third kappa shape index (κ3) is 2.91. The van der Waals surface area contributed by atoms with E-state index in [2.05, 4.69) is 0 Å². The molecule has 0 spiro atoms. The lowest BCUT2D eigenvalue weighted by Crippen LogP contribution is -2.41. The van der Waals surface area contributed by atoms with Gasteiger partial charge in [-0.1, -0.05) is 0 Å². The summed E-state index contributed by atoms with van der Waals surface area (Å²) in [5.41, 5.74) is 0.485. The zero-order chi connectivity index (χ0) is 14.8. The highest BCUT2D eigenvalue weighted by Gasteiger charge is 2.35. The minimum Gasteiger partial charge on any atom is -0.481 e. The van der Waals surface area contributed by atoms with Crippen molar-refractivity contribution in [2.24, 2.45) is 0 Å². The standard InChI is InChI=1S/C13H14N2O4S/c1-10(13(16)15-7-2-8-20(15,17)18)19-12-5-3-11(9-14)4-6-12/h3-6,10H,2,7-8H2,1H3/t10-/m0/s1. The van der Waals surface area contributed by atoms with Gasteiger partial charge in [0.1, 0.15) is 5.75 Å². The van der Waals surface area contributed by atoms with Gasteiger partial charge in [0.2, 0.25) is 10.0 Å². The quantitative estimate of drug-likeness (QED) is 0.826. The van der Waals surface area contributed by atoms with Crippen molar-refractivity contribution in [2.75, 3.05) is 12.3 Å². The Morgan fingerprint density at radius 1 is 1.40 bits per heavy atom. The second kappa shape index (κ2) is 5.51. The van der Waals surface area contributed by atoms with Crippen LogP contribution in [0.4, 0.5) is 0 Å². The summed E-state index contributed by atoms with van der Waals surface area (Å²) in [5.74, 6) is -0.143. The van der Waals surface area contributed by atoms with Crippen LogP contribution in [-0.4, -0.2) is 37.0 Å². The Balaban J connectivity index is 2.06. The highest BCUT2D eigenvalue weighted by Crippen LogP contribution is 2.18. The maximum absolute atomic E-state index is 12.1. The number of carbonyl (C=O) groups is 1. The number of hydrogen-bond donors (Lipinski definition) is 0. The average Bonchev–Trinajstić information content (AvgIpc) is 2.78. The maximum Gasteiger partial charge on any atom is 0.276 e. The molecule has 0 bridgehead atoms. The molecule has 1 saturated heterocycles. The third-order valence-electron chi connectivity index (χ3n) is 2.99. The number of nitriles is 1. The molecule has 7 heteroatoms. The van der Waals surface area contributed by atoms with Crippen LogP contribution in [0, 0.1) is 11.3 Å². The lowest BCUT2D eigenvalue weighted by atomic mass is 10.2. The van der Waals surface area contributed by atoms with E-state index in [4.69, 9.17) is 10.00 Å². The lowest BCUT2D eigenvalue weighted by Gasteiger charge is -2.20. The molecule has 1 aromatic carbocycles. The summed E-state index contributed by atoms with van der Waals surface area (Å²) in [6, 6.07) is 8.25. The monoisotopic (exact) mass is 294 g/mol. The molecule has 1 aromatic rings. The van der Waals surface area contributed by atoms with E-state index in [1.807, 2.05) is 6.07 Å². The first kappa shape index (κ1) is 14.3. The van der Waals surface area contributed by atoms with Crippen LogP contribution in [0.5, 0.6) is 5.75 Å². The zero-order valence-electron chi connectivity index (χ0n) is 10.9. The summed E-state index contributed by atoms with van der Waals surface area (Å²) < 4.78 is 29.6. The van der Waals surface area contributed by atoms with Gasteiger partial charge < -0.3 is 4.74 Å². The Morgan fingerprint density at radius 2 is 2.05 bits per heavy atom. The van der Waals surface area contributed by atoms with Gasteiger partial charge in [0.25, 0.3) is 5.91 Å². The Morgan fingerprint density at radius 3 is 2.55 bits per heavy atom. The SMILES string of the molecule is C[C@H](Oc1ccc(C#N)cc1)C(=O)N1CCCS1(=O)=O. The molecule has 0 saturated carbocycles. The van der Waals surface area contributed by atoms with Crippen LogP contribution < -0.4 is 4.74 Å². The molecule has 1 amide bonds. The van der Waals surface area contributed by atoms with Crippen LogP contribution in [0.1, 0.15) is 18.9 Å². The second-order valence-corrected chi connectivity index (χ2v) is 6.49. The fraction of sp³-hybridized carbons (Fsp3) is 0.385. The van der Waals surface area contributed by atoms with Crippen LogP contribution >= 0.6 is 0 Å². The van der Waals surface area contributed by atoms with Gasteiger partial charge in [-0.3, -0.25) is 4.79 Å². The molecule has 0 N–H and O–H groups in total. The van der Waals surface area contributed by atoms with Crippen LogP contribution in [0.2, 0.25) is 0 Å². The fourth-order valence-electron chi connectivity index (χ4n) is 1.95. The fourth-order valence-corrected chi connectivity index (χ4v) is 3.50. The normalized spacial score (nSPS) is 18.3. The van der Waals surface area contributed by atoms with Crippen molar-refractivity contribution in [3.05, 3.63) is 29.8 Å². The van der Waals surface area contributed by atoms with Gasteiger partial charge >= 0.3 is 0 Å². The lowest BCUT2D eigenvalue weighted by molar-refractivity contribution is -0.132. The first-order chi connectivity index (χ1) is 9.44. The molecule has 0 aromatic heterocycles. The summed E-state index contributed by atoms with van der Waals surface area (Å²) in [7, 11) is -3.47. The Bertz CT molecular complexity index is 646. The molecular weight excluding hydrogens is 280 g/mol. The molecule has 0 radical (unpaired) electrons. The number of rotatable bonds is 3. The van der Waals surface area contributed by atoms with Gasteiger partial charge in [0.15, 0.2) is 6.10 Å². The molecule has 1 aliphatic heterocycles. The Labute approximate surface area is 117 Å². The van der Waals surface area contributed by atoms with E-state index >= 15 is 0 Å². The van der Waals surface area contributed by atoms with E-state index in [1.165, 1.54) is 6.92 Å². The van der Waals surface area contributed by atoms with Crippen LogP contribution in [-0.2, 0) is 14.8 Å². The van der Waals surface area contributed by atoms with E-state index in [-0.39, 0.29) is 12.3 Å². The summed E-state index contributed by atoms with van der Waals surface area (Å²) in [6.07, 6.45) is -0.437. The largest absolute Gasteiger partial charge is 0.481 e. The van der Waals surface area contributed by atoms with E-state index in [0.29, 0.717) is 17.7 Å². The predicted molar refractivity (Wildman–Crippen MR) is 71.4 cm³/mol. The van der Waals surface area contributed by atoms with Crippen LogP contribution in [0.25, 0.3) is 0 Å². The minimum atomic E-state index is -3.47. The maximum atomic E-state index is 12.1. The summed E-state index contributed by atoms with van der Waals surface area (Å²) in [5, 5.41) is 8.68. The number of amides is 1. The van der Waals surface area contributed by atoms with Gasteiger partial charge in [-0.2, -0.15) is 5.26 Å². The van der Waals surface area contributed by atoms with Gasteiger partial charge in [-0.25, -0.2) is 12.7 Å². The first-order valence-corrected chi connectivity index (χ1v) is 7.76. The van der Waals surface area contributed by atoms with Crippen molar-refractivity contribution < 1.29 is 17.9 Å². The number of sulfonamides is 1. The average molecular weight is 294 g/mol. The van der Waals surface area contributed by atoms with E-state index < -0.39 is 22.0 Å².